The molecule has 1 aromatic heterocycles. The van der Waals surface area contributed by atoms with Crippen LogP contribution in [-0.2, 0) is 0 Å². The quantitative estimate of drug-likeness (QED) is 0.874. The fraction of sp³-hybridized carbons (Fsp3) is 0.412. The number of likely N-dealkylation sites (tertiary alicyclic amines) is 1. The highest BCUT2D eigenvalue weighted by Gasteiger charge is 2.23. The van der Waals surface area contributed by atoms with E-state index in [0.717, 1.165) is 36.8 Å². The molecule has 0 spiro atoms. The second kappa shape index (κ2) is 7.19. The lowest BCUT2D eigenvalue weighted by molar-refractivity contribution is 0.0651. The average molecular weight is 331 g/mol. The van der Waals surface area contributed by atoms with Crippen molar-refractivity contribution in [2.24, 2.45) is 5.92 Å². The van der Waals surface area contributed by atoms with Gasteiger partial charge in [-0.1, -0.05) is 11.8 Å². The Morgan fingerprint density at radius 1 is 1.30 bits per heavy atom. The van der Waals surface area contributed by atoms with Crippen LogP contribution in [0.25, 0.3) is 5.69 Å². The van der Waals surface area contributed by atoms with Crippen LogP contribution in [0.4, 0.5) is 0 Å². The van der Waals surface area contributed by atoms with Crippen LogP contribution in [-0.4, -0.2) is 51.4 Å². The van der Waals surface area contributed by atoms with Crippen molar-refractivity contribution in [1.29, 1.82) is 0 Å². The average Bonchev–Trinajstić information content (AvgIpc) is 3.10. The van der Waals surface area contributed by atoms with Gasteiger partial charge in [0.2, 0.25) is 0 Å². The summed E-state index contributed by atoms with van der Waals surface area (Å²) >= 11 is 1.59. The number of piperidine rings is 1. The van der Waals surface area contributed by atoms with E-state index in [1.165, 1.54) is 0 Å². The monoisotopic (exact) mass is 331 g/mol. The lowest BCUT2D eigenvalue weighted by atomic mass is 9.97. The number of amides is 1. The van der Waals surface area contributed by atoms with Crippen molar-refractivity contribution < 1.29 is 9.90 Å². The molecule has 0 unspecified atom stereocenters. The van der Waals surface area contributed by atoms with Crippen molar-refractivity contribution >= 4 is 17.7 Å². The van der Waals surface area contributed by atoms with E-state index >= 15 is 0 Å². The molecule has 1 amide bonds. The van der Waals surface area contributed by atoms with Gasteiger partial charge >= 0.3 is 0 Å². The largest absolute Gasteiger partial charge is 0.396 e. The molecule has 1 fully saturated rings. The molecule has 1 aromatic carbocycles. The predicted octanol–water partition coefficient (Wildman–Crippen LogP) is 2.44. The summed E-state index contributed by atoms with van der Waals surface area (Å²) in [7, 11) is 0. The van der Waals surface area contributed by atoms with Crippen molar-refractivity contribution in [3.05, 3.63) is 42.2 Å². The molecular formula is C17H21N3O2S. The Kier molecular flexibility index (Phi) is 5.03. The number of benzene rings is 1. The number of carbonyl (C=O) groups excluding carboxylic acids is 1. The highest BCUT2D eigenvalue weighted by atomic mass is 32.2. The highest BCUT2D eigenvalue weighted by molar-refractivity contribution is 7.98. The van der Waals surface area contributed by atoms with Crippen LogP contribution in [0.5, 0.6) is 0 Å². The lowest BCUT2D eigenvalue weighted by Gasteiger charge is -2.31. The van der Waals surface area contributed by atoms with E-state index in [0.29, 0.717) is 11.5 Å². The minimum absolute atomic E-state index is 0.0728. The van der Waals surface area contributed by atoms with Crippen molar-refractivity contribution in [1.82, 2.24) is 14.5 Å². The molecule has 1 N–H and O–H groups in total. The maximum atomic E-state index is 12.6. The van der Waals surface area contributed by atoms with Crippen LogP contribution >= 0.6 is 11.8 Å². The predicted molar refractivity (Wildman–Crippen MR) is 91.1 cm³/mol. The number of thioether (sulfide) groups is 1. The molecule has 1 aliphatic heterocycles. The Labute approximate surface area is 140 Å². The van der Waals surface area contributed by atoms with Crippen molar-refractivity contribution in [2.45, 2.75) is 18.0 Å². The molecule has 1 saturated heterocycles. The first-order valence-electron chi connectivity index (χ1n) is 7.81. The van der Waals surface area contributed by atoms with E-state index in [2.05, 4.69) is 4.98 Å². The molecule has 122 valence electrons. The van der Waals surface area contributed by atoms with Gasteiger partial charge in [-0.2, -0.15) is 0 Å². The van der Waals surface area contributed by atoms with Gasteiger partial charge in [0.1, 0.15) is 0 Å². The van der Waals surface area contributed by atoms with Crippen LogP contribution in [0.2, 0.25) is 0 Å². The number of hydrogen-bond acceptors (Lipinski definition) is 4. The fourth-order valence-electron chi connectivity index (χ4n) is 2.90. The molecule has 0 saturated carbocycles. The van der Waals surface area contributed by atoms with Crippen LogP contribution in [0, 0.1) is 5.92 Å². The minimum atomic E-state index is 0.0728. The van der Waals surface area contributed by atoms with Gasteiger partial charge in [0.25, 0.3) is 5.91 Å². The van der Waals surface area contributed by atoms with E-state index in [9.17, 15) is 9.90 Å². The number of carbonyl (C=O) groups is 1. The summed E-state index contributed by atoms with van der Waals surface area (Å²) in [5.41, 5.74) is 1.71. The molecule has 5 nitrogen and oxygen atoms in total. The molecule has 0 atom stereocenters. The van der Waals surface area contributed by atoms with Crippen LogP contribution in [0.15, 0.2) is 41.8 Å². The van der Waals surface area contributed by atoms with Crippen LogP contribution in [0.1, 0.15) is 23.2 Å². The number of aliphatic hydroxyl groups excluding tert-OH is 1. The van der Waals surface area contributed by atoms with Crippen molar-refractivity contribution in [2.75, 3.05) is 26.0 Å². The first-order chi connectivity index (χ1) is 11.2. The molecule has 6 heteroatoms. The van der Waals surface area contributed by atoms with E-state index in [4.69, 9.17) is 0 Å². The van der Waals surface area contributed by atoms with Crippen LogP contribution < -0.4 is 0 Å². The normalized spacial score (nSPS) is 15.8. The van der Waals surface area contributed by atoms with Crippen molar-refractivity contribution in [3.63, 3.8) is 0 Å². The molecule has 2 aromatic rings. The number of rotatable bonds is 4. The van der Waals surface area contributed by atoms with Gasteiger partial charge in [0, 0.05) is 43.3 Å². The number of aromatic nitrogens is 2. The summed E-state index contributed by atoms with van der Waals surface area (Å²) < 4.78 is 2.01. The third kappa shape index (κ3) is 3.43. The summed E-state index contributed by atoms with van der Waals surface area (Å²) in [6.45, 7) is 1.67. The zero-order valence-corrected chi connectivity index (χ0v) is 14.0. The number of aliphatic hydroxyl groups is 1. The highest BCUT2D eigenvalue weighted by Crippen LogP contribution is 2.21. The molecule has 1 aliphatic rings. The van der Waals surface area contributed by atoms with E-state index in [1.54, 1.807) is 18.0 Å². The zero-order chi connectivity index (χ0) is 16.2. The first-order valence-corrected chi connectivity index (χ1v) is 9.03. The fourth-order valence-corrected chi connectivity index (χ4v) is 3.43. The molecule has 0 aliphatic carbocycles. The second-order valence-corrected chi connectivity index (χ2v) is 6.52. The third-order valence-corrected chi connectivity index (χ3v) is 5.01. The third-order valence-electron chi connectivity index (χ3n) is 4.34. The topological polar surface area (TPSA) is 58.4 Å². The molecule has 2 heterocycles. The second-order valence-electron chi connectivity index (χ2n) is 5.75. The number of imidazole rings is 1. The molecular weight excluding hydrogens is 310 g/mol. The van der Waals surface area contributed by atoms with Crippen LogP contribution in [0.3, 0.4) is 0 Å². The summed E-state index contributed by atoms with van der Waals surface area (Å²) in [5.74, 6) is 0.413. The maximum absolute atomic E-state index is 12.6. The van der Waals surface area contributed by atoms with Gasteiger partial charge in [-0.05, 0) is 49.3 Å². The van der Waals surface area contributed by atoms with Gasteiger partial charge in [0.05, 0.1) is 0 Å². The van der Waals surface area contributed by atoms with Crippen molar-refractivity contribution in [3.8, 4) is 5.69 Å². The van der Waals surface area contributed by atoms with E-state index in [1.807, 2.05) is 46.2 Å². The van der Waals surface area contributed by atoms with Gasteiger partial charge in [-0.3, -0.25) is 9.36 Å². The molecule has 3 rings (SSSR count). The smallest absolute Gasteiger partial charge is 0.253 e. The number of nitrogens with zero attached hydrogens (tertiary/aromatic N) is 3. The summed E-state index contributed by atoms with van der Waals surface area (Å²) in [6.07, 6.45) is 7.45. The minimum Gasteiger partial charge on any atom is -0.396 e. The lowest BCUT2D eigenvalue weighted by Crippen LogP contribution is -2.39. The summed E-state index contributed by atoms with van der Waals surface area (Å²) in [6, 6.07) is 7.66. The van der Waals surface area contributed by atoms with Gasteiger partial charge in [-0.15, -0.1) is 0 Å². The van der Waals surface area contributed by atoms with Gasteiger partial charge in [0.15, 0.2) is 5.16 Å². The Balaban J connectivity index is 1.71. The SMILES string of the molecule is CSc1nccn1-c1ccc(C(=O)N2CCC(CO)CC2)cc1. The van der Waals surface area contributed by atoms with Gasteiger partial charge < -0.3 is 10.0 Å². The number of hydrogen-bond donors (Lipinski definition) is 1. The summed E-state index contributed by atoms with van der Waals surface area (Å²) in [5, 5.41) is 10.1. The van der Waals surface area contributed by atoms with E-state index in [-0.39, 0.29) is 12.5 Å². The first kappa shape index (κ1) is 16.1. The Hall–Kier alpha value is -1.79. The Morgan fingerprint density at radius 2 is 2.00 bits per heavy atom. The van der Waals surface area contributed by atoms with E-state index < -0.39 is 0 Å². The van der Waals surface area contributed by atoms with Gasteiger partial charge in [-0.25, -0.2) is 4.98 Å². The molecule has 0 radical (unpaired) electrons. The maximum Gasteiger partial charge on any atom is 0.253 e. The Morgan fingerprint density at radius 3 is 2.61 bits per heavy atom. The summed E-state index contributed by atoms with van der Waals surface area (Å²) in [4.78, 5) is 18.7. The molecule has 0 bridgehead atoms. The Bertz CT molecular complexity index is 661. The molecule has 23 heavy (non-hydrogen) atoms. The standard InChI is InChI=1S/C17H21N3O2S/c1-23-17-18-8-11-20(17)15-4-2-14(3-5-15)16(22)19-9-6-13(12-21)7-10-19/h2-5,8,11,13,21H,6-7,9-10,12H2,1H3. The zero-order valence-electron chi connectivity index (χ0n) is 13.2.